The first-order chi connectivity index (χ1) is 35.3. The summed E-state index contributed by atoms with van der Waals surface area (Å²) in [5, 5.41) is 1.89. The lowest BCUT2D eigenvalue weighted by Gasteiger charge is -2.52. The Balaban J connectivity index is 1.02. The molecule has 0 saturated carbocycles. The van der Waals surface area contributed by atoms with Gasteiger partial charge in [0, 0.05) is 58.5 Å². The minimum Gasteiger partial charge on any atom is -0.497 e. The van der Waals surface area contributed by atoms with Crippen molar-refractivity contribution in [2.24, 2.45) is 23.7 Å². The van der Waals surface area contributed by atoms with E-state index in [2.05, 4.69) is 71.4 Å². The van der Waals surface area contributed by atoms with Crippen LogP contribution in [-0.2, 0) is 0 Å². The Morgan fingerprint density at radius 2 is 1.06 bits per heavy atom. The van der Waals surface area contributed by atoms with E-state index in [-0.39, 0.29) is 34.8 Å². The Hall–Kier alpha value is -5.14. The zero-order valence-corrected chi connectivity index (χ0v) is 43.9. The van der Waals surface area contributed by atoms with Crippen molar-refractivity contribution < 1.29 is 28.5 Å². The number of thioether (sulfide) groups is 2. The quantitative estimate of drug-likeness (QED) is 0.0679. The van der Waals surface area contributed by atoms with Crippen LogP contribution in [0.2, 0.25) is 0 Å². The summed E-state index contributed by atoms with van der Waals surface area (Å²) in [4.78, 5) is 45.5. The van der Waals surface area contributed by atoms with Gasteiger partial charge in [-0.05, 0) is 172 Å². The van der Waals surface area contributed by atoms with Gasteiger partial charge in [-0.3, -0.25) is 29.4 Å². The normalized spacial score (nSPS) is 25.0. The number of fused-ring (bicyclic) bond motifs is 10. The van der Waals surface area contributed by atoms with Gasteiger partial charge in [0.05, 0.1) is 48.5 Å². The van der Waals surface area contributed by atoms with Crippen LogP contribution in [0, 0.1) is 23.7 Å². The first-order valence-corrected chi connectivity index (χ1v) is 28.8. The Morgan fingerprint density at radius 1 is 0.597 bits per heavy atom. The maximum absolute atomic E-state index is 15.3. The van der Waals surface area contributed by atoms with Crippen LogP contribution in [0.15, 0.2) is 97.3 Å². The highest BCUT2D eigenvalue weighted by Crippen LogP contribution is 2.50. The minimum absolute atomic E-state index is 0.0273. The van der Waals surface area contributed by atoms with Gasteiger partial charge in [-0.15, -0.1) is 0 Å². The van der Waals surface area contributed by atoms with E-state index in [0.29, 0.717) is 46.3 Å². The van der Waals surface area contributed by atoms with Gasteiger partial charge in [-0.25, -0.2) is 0 Å². The molecule has 6 aromatic rings. The van der Waals surface area contributed by atoms with E-state index in [1.165, 1.54) is 61.5 Å². The largest absolute Gasteiger partial charge is 0.497 e. The molecule has 0 amide bonds. The van der Waals surface area contributed by atoms with Crippen LogP contribution in [0.4, 0.5) is 0 Å². The number of methoxy groups -OCH3 is 2. The van der Waals surface area contributed by atoms with Gasteiger partial charge < -0.3 is 18.9 Å². The van der Waals surface area contributed by atoms with Gasteiger partial charge in [0.1, 0.15) is 35.2 Å². The van der Waals surface area contributed by atoms with Crippen molar-refractivity contribution in [3.63, 3.8) is 0 Å². The van der Waals surface area contributed by atoms with Crippen LogP contribution in [-0.4, -0.2) is 107 Å². The van der Waals surface area contributed by atoms with Crippen LogP contribution in [0.1, 0.15) is 120 Å². The van der Waals surface area contributed by atoms with E-state index in [1.54, 1.807) is 26.4 Å². The van der Waals surface area contributed by atoms with Gasteiger partial charge in [-0.2, -0.15) is 23.5 Å². The lowest BCUT2D eigenvalue weighted by molar-refractivity contribution is -0.0490. The van der Waals surface area contributed by atoms with E-state index in [4.69, 9.17) is 28.9 Å². The number of ketones is 2. The summed E-state index contributed by atoms with van der Waals surface area (Å²) in [6, 6.07) is 27.2. The summed E-state index contributed by atoms with van der Waals surface area (Å²) in [5.74, 6) is 8.94. The van der Waals surface area contributed by atoms with Gasteiger partial charge in [-0.1, -0.05) is 38.1 Å². The number of ether oxygens (including phenoxy) is 4. The summed E-state index contributed by atoms with van der Waals surface area (Å²) in [7, 11) is 3.37. The molecule has 10 nitrogen and oxygen atoms in total. The van der Waals surface area contributed by atoms with E-state index in [0.717, 1.165) is 83.5 Å². The number of rotatable bonds is 20. The first kappa shape index (κ1) is 49.1. The van der Waals surface area contributed by atoms with E-state index < -0.39 is 12.2 Å². The van der Waals surface area contributed by atoms with Crippen LogP contribution < -0.4 is 18.9 Å². The SMILES string of the molecule is CCCSCCC1CN2CCC1CC2[C@@H](Oc1ccc(O[C@@H](c2ccnc3ccc(OC)cc23)C2CC3CCN2CC3CCSCCC)c2c1C(=O)c1ccccc1C2=O)c1ccnc2ccc(OC)cc12. The summed E-state index contributed by atoms with van der Waals surface area (Å²) < 4.78 is 26.6. The lowest BCUT2D eigenvalue weighted by atomic mass is 9.72. The van der Waals surface area contributed by atoms with Gasteiger partial charge in [0.25, 0.3) is 0 Å². The predicted octanol–water partition coefficient (Wildman–Crippen LogP) is 12.3. The van der Waals surface area contributed by atoms with E-state index in [9.17, 15) is 0 Å². The number of nitrogens with zero attached hydrogens (tertiary/aromatic N) is 4. The molecule has 2 aromatic heterocycles. The fraction of sp³-hybridized carbons (Fsp3) is 0.467. The second-order valence-corrected chi connectivity index (χ2v) is 23.1. The molecular formula is C60H68N4O6S2. The second kappa shape index (κ2) is 21.8. The number of carbonyl (C=O) groups is 2. The monoisotopic (exact) mass is 1000 g/mol. The summed E-state index contributed by atoms with van der Waals surface area (Å²) in [6.07, 6.45) is 11.9. The van der Waals surface area contributed by atoms with Crippen LogP contribution in [0.25, 0.3) is 21.8 Å². The Kier molecular flexibility index (Phi) is 14.8. The molecule has 1 aliphatic carbocycles. The van der Waals surface area contributed by atoms with Crippen LogP contribution in [0.5, 0.6) is 23.0 Å². The van der Waals surface area contributed by atoms with Crippen LogP contribution in [0.3, 0.4) is 0 Å². The zero-order chi connectivity index (χ0) is 49.3. The zero-order valence-electron chi connectivity index (χ0n) is 42.2. The van der Waals surface area contributed by atoms with E-state index >= 15 is 9.59 Å². The summed E-state index contributed by atoms with van der Waals surface area (Å²) >= 11 is 4.14. The van der Waals surface area contributed by atoms with E-state index in [1.807, 2.05) is 60.9 Å². The van der Waals surface area contributed by atoms with Gasteiger partial charge in [0.2, 0.25) is 0 Å². The fourth-order valence-corrected chi connectivity index (χ4v) is 14.9. The molecular weight excluding hydrogens is 937 g/mol. The Morgan fingerprint density at radius 3 is 1.46 bits per heavy atom. The van der Waals surface area contributed by atoms with Crippen molar-refractivity contribution in [3.8, 4) is 23.0 Å². The number of benzene rings is 4. The molecule has 7 aliphatic rings. The second-order valence-electron chi connectivity index (χ2n) is 20.7. The molecule has 4 aromatic carbocycles. The maximum Gasteiger partial charge on any atom is 0.198 e. The highest BCUT2D eigenvalue weighted by Gasteiger charge is 2.48. The number of hydrogen-bond acceptors (Lipinski definition) is 12. The topological polar surface area (TPSA) is 103 Å². The average molecular weight is 1010 g/mol. The first-order valence-electron chi connectivity index (χ1n) is 26.5. The average Bonchev–Trinajstić information content (AvgIpc) is 3.43. The van der Waals surface area contributed by atoms with Crippen molar-refractivity contribution in [3.05, 3.63) is 131 Å². The molecule has 0 radical (unpaired) electrons. The fourth-order valence-electron chi connectivity index (χ4n) is 13.0. The lowest BCUT2D eigenvalue weighted by Crippen LogP contribution is -2.56. The molecule has 0 N–H and O–H groups in total. The van der Waals surface area contributed by atoms with Crippen molar-refractivity contribution in [2.75, 3.05) is 63.4 Å². The molecule has 72 heavy (non-hydrogen) atoms. The molecule has 4 bridgehead atoms. The van der Waals surface area contributed by atoms with Crippen molar-refractivity contribution in [1.29, 1.82) is 0 Å². The Bertz CT molecular complexity index is 2750. The highest BCUT2D eigenvalue weighted by molar-refractivity contribution is 7.99. The molecule has 0 spiro atoms. The third-order valence-corrected chi connectivity index (χ3v) is 19.1. The molecule has 6 saturated heterocycles. The standard InChI is InChI=1S/C60H68N4O6S2/c1-5-27-71-29-21-39-35-63-25-19-37(39)31-51(63)59(45-17-23-61-49-13-11-41(67-3)33-47(45)49)69-53-15-16-54(56-55(53)57(65)43-9-7-8-10-44(43)58(56)66)70-60(46-18-24-62-50-14-12-42(68-4)34-48(46)50)52-32-38-20-26-64(52)36-40(38)22-30-72-28-6-2/h7-18,23-24,33-34,37-40,51-52,59-60H,5-6,19-22,25-32,35-36H2,1-4H3/t37?,38?,39?,40?,51?,52?,59-,60-/m0/s1. The third kappa shape index (κ3) is 9.50. The van der Waals surface area contributed by atoms with Gasteiger partial charge >= 0.3 is 0 Å². The minimum atomic E-state index is -0.485. The molecule has 6 fully saturated rings. The van der Waals surface area contributed by atoms with Crippen molar-refractivity contribution in [2.45, 2.75) is 89.5 Å². The van der Waals surface area contributed by atoms with Crippen molar-refractivity contribution in [1.82, 2.24) is 19.8 Å². The molecule has 10 atom stereocenters. The predicted molar refractivity (Wildman–Crippen MR) is 291 cm³/mol. The molecule has 6 aliphatic heterocycles. The molecule has 8 unspecified atom stereocenters. The van der Waals surface area contributed by atoms with Crippen molar-refractivity contribution >= 4 is 56.9 Å². The van der Waals surface area contributed by atoms with Crippen LogP contribution >= 0.6 is 23.5 Å². The van der Waals surface area contributed by atoms with Gasteiger partial charge in [0.15, 0.2) is 11.6 Å². The smallest absolute Gasteiger partial charge is 0.198 e. The number of piperidine rings is 6. The highest BCUT2D eigenvalue weighted by atomic mass is 32.2. The Labute approximate surface area is 433 Å². The summed E-state index contributed by atoms with van der Waals surface area (Å²) in [5.41, 5.74) is 4.92. The summed E-state index contributed by atoms with van der Waals surface area (Å²) in [6.45, 7) is 8.52. The number of aromatic nitrogens is 2. The number of carbonyl (C=O) groups excluding carboxylic acids is 2. The molecule has 12 heteroatoms. The molecule has 376 valence electrons. The molecule has 13 rings (SSSR count). The third-order valence-electron chi connectivity index (χ3n) is 16.6. The number of pyridine rings is 2. The molecule has 8 heterocycles. The number of hydrogen-bond donors (Lipinski definition) is 0. The maximum atomic E-state index is 15.3.